The average Bonchev–Trinajstić information content (AvgIpc) is 2.78. The summed E-state index contributed by atoms with van der Waals surface area (Å²) in [5, 5.41) is 0. The van der Waals surface area contributed by atoms with Crippen molar-refractivity contribution in [3.05, 3.63) is 18.2 Å². The lowest BCUT2D eigenvalue weighted by Crippen LogP contribution is -2.46. The Morgan fingerprint density at radius 2 is 1.94 bits per heavy atom. The number of imidazole rings is 1. The molecule has 1 aromatic rings. The number of hydrogen-bond acceptors (Lipinski definition) is 4. The van der Waals surface area contributed by atoms with Crippen LogP contribution < -0.4 is 0 Å². The SMILES string of the molecule is COCCCN1CCN(Cc2nccn2C)CC1. The van der Waals surface area contributed by atoms with Gasteiger partial charge in [-0.1, -0.05) is 0 Å². The Kier molecular flexibility index (Phi) is 5.16. The summed E-state index contributed by atoms with van der Waals surface area (Å²) in [5.41, 5.74) is 0. The van der Waals surface area contributed by atoms with Crippen LogP contribution in [-0.2, 0) is 18.3 Å². The van der Waals surface area contributed by atoms with Gasteiger partial charge in [0.2, 0.25) is 0 Å². The Bertz CT molecular complexity index is 345. The van der Waals surface area contributed by atoms with Crippen molar-refractivity contribution in [1.29, 1.82) is 0 Å². The molecule has 0 unspecified atom stereocenters. The molecule has 0 aliphatic carbocycles. The van der Waals surface area contributed by atoms with Crippen molar-refractivity contribution in [3.63, 3.8) is 0 Å². The molecular formula is C13H24N4O. The fraction of sp³-hybridized carbons (Fsp3) is 0.769. The van der Waals surface area contributed by atoms with Crippen molar-refractivity contribution in [2.75, 3.05) is 46.4 Å². The predicted octanol–water partition coefficient (Wildman–Crippen LogP) is 0.574. The van der Waals surface area contributed by atoms with Gasteiger partial charge in [0.15, 0.2) is 0 Å². The Labute approximate surface area is 109 Å². The summed E-state index contributed by atoms with van der Waals surface area (Å²) in [5.74, 6) is 1.16. The number of ether oxygens (including phenoxy) is 1. The second-order valence-corrected chi connectivity index (χ2v) is 4.92. The zero-order valence-electron chi connectivity index (χ0n) is 11.5. The fourth-order valence-corrected chi connectivity index (χ4v) is 2.35. The molecule has 1 aliphatic heterocycles. The van der Waals surface area contributed by atoms with Crippen LogP contribution in [0.3, 0.4) is 0 Å². The quantitative estimate of drug-likeness (QED) is 0.693. The van der Waals surface area contributed by atoms with E-state index in [1.54, 1.807) is 7.11 Å². The number of hydrogen-bond donors (Lipinski definition) is 0. The van der Waals surface area contributed by atoms with Crippen molar-refractivity contribution in [3.8, 4) is 0 Å². The third-order valence-corrected chi connectivity index (χ3v) is 3.57. The molecule has 2 rings (SSSR count). The summed E-state index contributed by atoms with van der Waals surface area (Å²) in [6.07, 6.45) is 5.02. The fourth-order valence-electron chi connectivity index (χ4n) is 2.35. The number of aromatic nitrogens is 2. The summed E-state index contributed by atoms with van der Waals surface area (Å²) >= 11 is 0. The Morgan fingerprint density at radius 3 is 2.56 bits per heavy atom. The molecule has 0 amide bonds. The van der Waals surface area contributed by atoms with Gasteiger partial charge in [-0.3, -0.25) is 4.90 Å². The highest BCUT2D eigenvalue weighted by Crippen LogP contribution is 2.07. The summed E-state index contributed by atoms with van der Waals surface area (Å²) in [4.78, 5) is 9.38. The van der Waals surface area contributed by atoms with Gasteiger partial charge in [-0.05, 0) is 6.42 Å². The highest BCUT2D eigenvalue weighted by molar-refractivity contribution is 4.91. The lowest BCUT2D eigenvalue weighted by Gasteiger charge is -2.34. The molecule has 1 saturated heterocycles. The molecule has 5 heteroatoms. The zero-order valence-corrected chi connectivity index (χ0v) is 11.5. The van der Waals surface area contributed by atoms with Crippen molar-refractivity contribution in [2.24, 2.45) is 7.05 Å². The topological polar surface area (TPSA) is 33.5 Å². The minimum Gasteiger partial charge on any atom is -0.385 e. The zero-order chi connectivity index (χ0) is 12.8. The standard InChI is InChI=1S/C13H24N4O/c1-15-6-4-14-13(15)12-17-9-7-16(8-10-17)5-3-11-18-2/h4,6H,3,5,7-12H2,1-2H3. The van der Waals surface area contributed by atoms with Crippen LogP contribution in [0.2, 0.25) is 0 Å². The van der Waals surface area contributed by atoms with Gasteiger partial charge in [-0.15, -0.1) is 0 Å². The van der Waals surface area contributed by atoms with E-state index in [-0.39, 0.29) is 0 Å². The number of rotatable bonds is 6. The van der Waals surface area contributed by atoms with Gasteiger partial charge in [-0.25, -0.2) is 4.98 Å². The van der Waals surface area contributed by atoms with Crippen LogP contribution in [0.25, 0.3) is 0 Å². The summed E-state index contributed by atoms with van der Waals surface area (Å²) in [6, 6.07) is 0. The third kappa shape index (κ3) is 3.80. The van der Waals surface area contributed by atoms with E-state index >= 15 is 0 Å². The van der Waals surface area contributed by atoms with Crippen molar-refractivity contribution >= 4 is 0 Å². The van der Waals surface area contributed by atoms with E-state index in [4.69, 9.17) is 4.74 Å². The number of methoxy groups -OCH3 is 1. The second kappa shape index (κ2) is 6.87. The molecule has 2 heterocycles. The molecule has 0 spiro atoms. The van der Waals surface area contributed by atoms with Crippen LogP contribution in [0.4, 0.5) is 0 Å². The lowest BCUT2D eigenvalue weighted by atomic mass is 10.3. The molecule has 1 aliphatic rings. The lowest BCUT2D eigenvalue weighted by molar-refractivity contribution is 0.111. The molecule has 1 aromatic heterocycles. The highest BCUT2D eigenvalue weighted by atomic mass is 16.5. The largest absolute Gasteiger partial charge is 0.385 e. The maximum Gasteiger partial charge on any atom is 0.122 e. The Balaban J connectivity index is 1.69. The van der Waals surface area contributed by atoms with Gasteiger partial charge in [0.1, 0.15) is 5.82 Å². The van der Waals surface area contributed by atoms with Crippen LogP contribution in [0.5, 0.6) is 0 Å². The first-order valence-electron chi connectivity index (χ1n) is 6.69. The van der Waals surface area contributed by atoms with Crippen LogP contribution in [0.15, 0.2) is 12.4 Å². The first-order valence-corrected chi connectivity index (χ1v) is 6.69. The van der Waals surface area contributed by atoms with Gasteiger partial charge in [0, 0.05) is 65.9 Å². The number of aryl methyl sites for hydroxylation is 1. The average molecular weight is 252 g/mol. The molecule has 0 atom stereocenters. The van der Waals surface area contributed by atoms with Crippen molar-refractivity contribution < 1.29 is 4.74 Å². The van der Waals surface area contributed by atoms with E-state index in [9.17, 15) is 0 Å². The molecule has 0 saturated carbocycles. The molecule has 5 nitrogen and oxygen atoms in total. The minimum absolute atomic E-state index is 0.869. The van der Waals surface area contributed by atoms with E-state index < -0.39 is 0 Å². The van der Waals surface area contributed by atoms with E-state index in [0.29, 0.717) is 0 Å². The van der Waals surface area contributed by atoms with E-state index in [1.807, 2.05) is 12.4 Å². The van der Waals surface area contributed by atoms with Crippen LogP contribution in [0.1, 0.15) is 12.2 Å². The maximum absolute atomic E-state index is 5.09. The van der Waals surface area contributed by atoms with Crippen molar-refractivity contribution in [2.45, 2.75) is 13.0 Å². The summed E-state index contributed by atoms with van der Waals surface area (Å²) in [6.45, 7) is 7.59. The van der Waals surface area contributed by atoms with Gasteiger partial charge in [-0.2, -0.15) is 0 Å². The van der Waals surface area contributed by atoms with E-state index in [0.717, 1.165) is 58.1 Å². The first-order chi connectivity index (χ1) is 8.79. The first kappa shape index (κ1) is 13.5. The number of piperazine rings is 1. The van der Waals surface area contributed by atoms with E-state index in [1.165, 1.54) is 0 Å². The maximum atomic E-state index is 5.09. The molecule has 0 bridgehead atoms. The molecule has 0 N–H and O–H groups in total. The van der Waals surface area contributed by atoms with Gasteiger partial charge < -0.3 is 14.2 Å². The normalized spacial score (nSPS) is 18.3. The molecule has 0 aromatic carbocycles. The Morgan fingerprint density at radius 1 is 1.22 bits per heavy atom. The number of nitrogens with zero attached hydrogens (tertiary/aromatic N) is 4. The predicted molar refractivity (Wildman–Crippen MR) is 71.4 cm³/mol. The molecule has 1 fully saturated rings. The Hall–Kier alpha value is -0.910. The molecule has 18 heavy (non-hydrogen) atoms. The smallest absolute Gasteiger partial charge is 0.122 e. The second-order valence-electron chi connectivity index (χ2n) is 4.92. The summed E-state index contributed by atoms with van der Waals surface area (Å²) < 4.78 is 7.19. The van der Waals surface area contributed by atoms with Crippen LogP contribution in [-0.4, -0.2) is 65.8 Å². The molecular weight excluding hydrogens is 228 g/mol. The van der Waals surface area contributed by atoms with Gasteiger partial charge >= 0.3 is 0 Å². The highest BCUT2D eigenvalue weighted by Gasteiger charge is 2.17. The van der Waals surface area contributed by atoms with Crippen LogP contribution in [0, 0.1) is 0 Å². The molecule has 0 radical (unpaired) electrons. The monoisotopic (exact) mass is 252 g/mol. The van der Waals surface area contributed by atoms with Crippen molar-refractivity contribution in [1.82, 2.24) is 19.4 Å². The van der Waals surface area contributed by atoms with Crippen LogP contribution >= 0.6 is 0 Å². The van der Waals surface area contributed by atoms with E-state index in [2.05, 4.69) is 26.4 Å². The third-order valence-electron chi connectivity index (χ3n) is 3.57. The summed E-state index contributed by atoms with van der Waals surface area (Å²) in [7, 11) is 3.83. The minimum atomic E-state index is 0.869. The molecule has 102 valence electrons. The van der Waals surface area contributed by atoms with Gasteiger partial charge in [0.05, 0.1) is 6.54 Å². The van der Waals surface area contributed by atoms with Gasteiger partial charge in [0.25, 0.3) is 0 Å².